The maximum absolute atomic E-state index is 12.5. The topological polar surface area (TPSA) is 88.8 Å². The van der Waals surface area contributed by atoms with Crippen LogP contribution in [0, 0.1) is 5.92 Å². The van der Waals surface area contributed by atoms with Gasteiger partial charge in [-0.2, -0.15) is 0 Å². The molecule has 1 saturated heterocycles. The van der Waals surface area contributed by atoms with Crippen LogP contribution in [0.15, 0.2) is 41.2 Å². The second kappa shape index (κ2) is 8.00. The van der Waals surface area contributed by atoms with Crippen LogP contribution >= 0.6 is 11.6 Å². The van der Waals surface area contributed by atoms with E-state index < -0.39 is 12.6 Å². The number of ether oxygens (including phenoxy) is 1. The molecule has 0 spiro atoms. The van der Waals surface area contributed by atoms with E-state index in [-0.39, 0.29) is 29.9 Å². The van der Waals surface area contributed by atoms with Gasteiger partial charge < -0.3 is 19.3 Å². The Labute approximate surface area is 172 Å². The standard InChI is InChI=1S/C21H21ClN2O5/c22-16-3-1-14(2-4-16)17-5-6-18(25)24-9-13-7-15(21(17)24)10-23(8-13)19(26)11-29-12-20(27)28/h1-6,13,15H,7-12H2,(H,27,28)/t13-,15-/m0/s1. The van der Waals surface area contributed by atoms with Crippen molar-refractivity contribution >= 4 is 23.5 Å². The van der Waals surface area contributed by atoms with E-state index in [1.807, 2.05) is 34.9 Å². The van der Waals surface area contributed by atoms with E-state index in [2.05, 4.69) is 0 Å². The summed E-state index contributed by atoms with van der Waals surface area (Å²) in [7, 11) is 0. The Kier molecular flexibility index (Phi) is 5.43. The number of nitrogens with zero attached hydrogens (tertiary/aromatic N) is 2. The van der Waals surface area contributed by atoms with Crippen molar-refractivity contribution in [3.8, 4) is 11.1 Å². The van der Waals surface area contributed by atoms with E-state index in [1.54, 1.807) is 11.0 Å². The highest BCUT2D eigenvalue weighted by Gasteiger charge is 2.37. The van der Waals surface area contributed by atoms with Gasteiger partial charge >= 0.3 is 5.97 Å². The van der Waals surface area contributed by atoms with Crippen LogP contribution < -0.4 is 5.56 Å². The van der Waals surface area contributed by atoms with Gasteiger partial charge in [-0.3, -0.25) is 9.59 Å². The number of likely N-dealkylation sites (tertiary alicyclic amines) is 1. The summed E-state index contributed by atoms with van der Waals surface area (Å²) in [5.74, 6) is -1.11. The van der Waals surface area contributed by atoms with Gasteiger partial charge in [-0.15, -0.1) is 0 Å². The summed E-state index contributed by atoms with van der Waals surface area (Å²) >= 11 is 6.02. The number of halogens is 1. The number of rotatable bonds is 5. The molecule has 1 aromatic heterocycles. The highest BCUT2D eigenvalue weighted by Crippen LogP contribution is 2.40. The van der Waals surface area contributed by atoms with E-state index in [0.29, 0.717) is 24.7 Å². The van der Waals surface area contributed by atoms with Crippen LogP contribution in [0.25, 0.3) is 11.1 Å². The van der Waals surface area contributed by atoms with Crippen LogP contribution in [0.2, 0.25) is 5.02 Å². The van der Waals surface area contributed by atoms with E-state index in [9.17, 15) is 14.4 Å². The number of hydrogen-bond donors (Lipinski definition) is 1. The van der Waals surface area contributed by atoms with Crippen molar-refractivity contribution in [2.45, 2.75) is 18.9 Å². The second-order valence-electron chi connectivity index (χ2n) is 7.57. The number of fused-ring (bicyclic) bond motifs is 4. The third kappa shape index (κ3) is 4.06. The van der Waals surface area contributed by atoms with Gasteiger partial charge in [-0.1, -0.05) is 23.7 Å². The Balaban J connectivity index is 1.62. The summed E-state index contributed by atoms with van der Waals surface area (Å²) in [6.45, 7) is 0.841. The molecule has 0 radical (unpaired) electrons. The van der Waals surface area contributed by atoms with Gasteiger partial charge in [0.2, 0.25) is 5.91 Å². The lowest BCUT2D eigenvalue weighted by Gasteiger charge is -2.43. The number of piperidine rings is 1. The maximum atomic E-state index is 12.5. The fourth-order valence-corrected chi connectivity index (χ4v) is 4.54. The van der Waals surface area contributed by atoms with E-state index in [1.165, 1.54) is 0 Å². The minimum Gasteiger partial charge on any atom is -0.480 e. The van der Waals surface area contributed by atoms with Crippen molar-refractivity contribution in [2.75, 3.05) is 26.3 Å². The Morgan fingerprint density at radius 3 is 2.55 bits per heavy atom. The van der Waals surface area contributed by atoms with Crippen molar-refractivity contribution in [1.29, 1.82) is 0 Å². The summed E-state index contributed by atoms with van der Waals surface area (Å²) in [5.41, 5.74) is 2.86. The monoisotopic (exact) mass is 416 g/mol. The van der Waals surface area contributed by atoms with Crippen molar-refractivity contribution in [1.82, 2.24) is 9.47 Å². The predicted molar refractivity (Wildman–Crippen MR) is 107 cm³/mol. The van der Waals surface area contributed by atoms with Gasteiger partial charge in [0.15, 0.2) is 0 Å². The molecular formula is C21H21ClN2O5. The van der Waals surface area contributed by atoms with E-state index in [4.69, 9.17) is 21.4 Å². The number of pyridine rings is 1. The molecule has 1 N–H and O–H groups in total. The first kappa shape index (κ1) is 19.7. The normalized spacial score (nSPS) is 20.2. The molecule has 2 atom stereocenters. The van der Waals surface area contributed by atoms with Crippen molar-refractivity contribution in [3.63, 3.8) is 0 Å². The summed E-state index contributed by atoms with van der Waals surface area (Å²) in [6.07, 6.45) is 0.907. The van der Waals surface area contributed by atoms with Gasteiger partial charge in [-0.05, 0) is 36.1 Å². The summed E-state index contributed by atoms with van der Waals surface area (Å²) in [6, 6.07) is 10.9. The predicted octanol–water partition coefficient (Wildman–Crippen LogP) is 2.22. The van der Waals surface area contributed by atoms with E-state index >= 15 is 0 Å². The zero-order chi connectivity index (χ0) is 20.5. The quantitative estimate of drug-likeness (QED) is 0.807. The Morgan fingerprint density at radius 1 is 1.07 bits per heavy atom. The molecule has 0 aliphatic carbocycles. The van der Waals surface area contributed by atoms with Crippen LogP contribution in [-0.2, 0) is 20.9 Å². The van der Waals surface area contributed by atoms with Gasteiger partial charge in [0.25, 0.3) is 5.56 Å². The third-order valence-corrected chi connectivity index (χ3v) is 5.80. The smallest absolute Gasteiger partial charge is 0.329 e. The van der Waals surface area contributed by atoms with Crippen LogP contribution in [0.4, 0.5) is 0 Å². The fourth-order valence-electron chi connectivity index (χ4n) is 4.41. The molecule has 2 aromatic rings. The van der Waals surface area contributed by atoms with Gasteiger partial charge in [0, 0.05) is 47.9 Å². The third-order valence-electron chi connectivity index (χ3n) is 5.55. The molecule has 3 heterocycles. The summed E-state index contributed by atoms with van der Waals surface area (Å²) in [4.78, 5) is 37.4. The molecule has 2 bridgehead atoms. The number of amides is 1. The molecule has 1 aromatic carbocycles. The largest absolute Gasteiger partial charge is 0.480 e. The lowest BCUT2D eigenvalue weighted by molar-refractivity contribution is -0.146. The highest BCUT2D eigenvalue weighted by molar-refractivity contribution is 6.30. The lowest BCUT2D eigenvalue weighted by atomic mass is 9.80. The number of carboxylic acids is 1. The molecule has 29 heavy (non-hydrogen) atoms. The van der Waals surface area contributed by atoms with Crippen LogP contribution in [-0.4, -0.2) is 52.8 Å². The maximum Gasteiger partial charge on any atom is 0.329 e. The number of hydrogen-bond acceptors (Lipinski definition) is 4. The molecular weight excluding hydrogens is 396 g/mol. The number of aromatic nitrogens is 1. The summed E-state index contributed by atoms with van der Waals surface area (Å²) in [5, 5.41) is 9.31. The molecule has 4 rings (SSSR count). The van der Waals surface area contributed by atoms with Crippen molar-refractivity contribution in [3.05, 3.63) is 57.5 Å². The first-order valence-electron chi connectivity index (χ1n) is 9.49. The van der Waals surface area contributed by atoms with Gasteiger partial charge in [0.05, 0.1) is 0 Å². The van der Waals surface area contributed by atoms with Crippen molar-refractivity contribution < 1.29 is 19.4 Å². The van der Waals surface area contributed by atoms with E-state index in [0.717, 1.165) is 23.2 Å². The minimum atomic E-state index is -1.10. The average Bonchev–Trinajstić information content (AvgIpc) is 2.69. The first-order valence-corrected chi connectivity index (χ1v) is 9.87. The van der Waals surface area contributed by atoms with Crippen LogP contribution in [0.5, 0.6) is 0 Å². The van der Waals surface area contributed by atoms with Gasteiger partial charge in [-0.25, -0.2) is 4.79 Å². The second-order valence-corrected chi connectivity index (χ2v) is 8.01. The number of benzene rings is 1. The molecule has 152 valence electrons. The number of carbonyl (C=O) groups excluding carboxylic acids is 1. The highest BCUT2D eigenvalue weighted by atomic mass is 35.5. The number of carboxylic acid groups (broad SMARTS) is 1. The Morgan fingerprint density at radius 2 is 1.83 bits per heavy atom. The fraction of sp³-hybridized carbons (Fsp3) is 0.381. The minimum absolute atomic E-state index is 0.0306. The zero-order valence-electron chi connectivity index (χ0n) is 15.7. The average molecular weight is 417 g/mol. The molecule has 1 fully saturated rings. The van der Waals surface area contributed by atoms with Gasteiger partial charge in [0.1, 0.15) is 13.2 Å². The molecule has 7 nitrogen and oxygen atoms in total. The molecule has 0 unspecified atom stereocenters. The molecule has 8 heteroatoms. The van der Waals surface area contributed by atoms with Crippen molar-refractivity contribution in [2.24, 2.45) is 5.92 Å². The Hall–Kier alpha value is -2.64. The van der Waals surface area contributed by atoms with Crippen LogP contribution in [0.3, 0.4) is 0 Å². The number of aliphatic carboxylic acids is 1. The SMILES string of the molecule is O=C(O)COCC(=O)N1C[C@@H]2C[C@@H](C1)c1c(-c3ccc(Cl)cc3)ccc(=O)n1C2. The molecule has 2 aliphatic heterocycles. The Bertz CT molecular complexity index is 1000. The van der Waals surface area contributed by atoms with Crippen LogP contribution in [0.1, 0.15) is 18.0 Å². The molecule has 0 saturated carbocycles. The lowest BCUT2D eigenvalue weighted by Crippen LogP contribution is -2.50. The first-order chi connectivity index (χ1) is 13.9. The molecule has 1 amide bonds. The molecule has 2 aliphatic rings. The number of carbonyl (C=O) groups is 2. The summed E-state index contributed by atoms with van der Waals surface area (Å²) < 4.78 is 6.81. The zero-order valence-corrected chi connectivity index (χ0v) is 16.5.